The van der Waals surface area contributed by atoms with Gasteiger partial charge in [-0.25, -0.2) is 0 Å². The first-order valence-electron chi connectivity index (χ1n) is 3.23. The van der Waals surface area contributed by atoms with Gasteiger partial charge in [-0.2, -0.15) is 0 Å². The third-order valence-corrected chi connectivity index (χ3v) is 1.29. The average Bonchev–Trinajstić information content (AvgIpc) is 1.95. The summed E-state index contributed by atoms with van der Waals surface area (Å²) in [6, 6.07) is 0. The number of carbonyl (C=O) groups is 3. The molecule has 1 fully saturated rings. The van der Waals surface area contributed by atoms with Crippen molar-refractivity contribution >= 4 is 17.6 Å². The van der Waals surface area contributed by atoms with E-state index in [2.05, 4.69) is 10.6 Å². The average molecular weight is 156 g/mol. The molecular weight excluding hydrogens is 148 g/mol. The smallest absolute Gasteiger partial charge is 0.229 e. The number of Topliss-reactive ketones (excluding diaryl/α,β-unsaturated/α-hetero) is 1. The second kappa shape index (κ2) is 3.14. The quantitative estimate of drug-likeness (QED) is 0.406. The van der Waals surface area contributed by atoms with Gasteiger partial charge in [0.15, 0.2) is 5.78 Å². The van der Waals surface area contributed by atoms with Crippen LogP contribution >= 0.6 is 0 Å². The van der Waals surface area contributed by atoms with Crippen molar-refractivity contribution in [1.29, 1.82) is 0 Å². The van der Waals surface area contributed by atoms with Crippen LogP contribution in [0.15, 0.2) is 0 Å². The fourth-order valence-electron chi connectivity index (χ4n) is 0.728. The van der Waals surface area contributed by atoms with E-state index < -0.39 is 11.8 Å². The summed E-state index contributed by atoms with van der Waals surface area (Å²) in [5.41, 5.74) is 0. The summed E-state index contributed by atoms with van der Waals surface area (Å²) in [6.45, 7) is 0.0260. The molecule has 1 heterocycles. The van der Waals surface area contributed by atoms with E-state index in [0.29, 0.717) is 0 Å². The molecule has 0 radical (unpaired) electrons. The Morgan fingerprint density at radius 1 is 0.909 bits per heavy atom. The van der Waals surface area contributed by atoms with Crippen LogP contribution in [0, 0.1) is 0 Å². The van der Waals surface area contributed by atoms with Crippen LogP contribution in [0.25, 0.3) is 0 Å². The Morgan fingerprint density at radius 2 is 1.36 bits per heavy atom. The molecule has 11 heavy (non-hydrogen) atoms. The lowest BCUT2D eigenvalue weighted by atomic mass is 10.3. The molecule has 0 atom stereocenters. The van der Waals surface area contributed by atoms with E-state index in [-0.39, 0.29) is 25.3 Å². The lowest BCUT2D eigenvalue weighted by molar-refractivity contribution is -0.133. The number of hydrogen-bond acceptors (Lipinski definition) is 3. The molecule has 60 valence electrons. The maximum atomic E-state index is 10.7. The molecule has 2 amide bonds. The molecular formula is C6H8N2O3. The van der Waals surface area contributed by atoms with Crippen LogP contribution in [0.3, 0.4) is 0 Å². The van der Waals surface area contributed by atoms with Crippen molar-refractivity contribution in [1.82, 2.24) is 10.6 Å². The number of amides is 2. The number of nitrogens with one attached hydrogen (secondary N) is 2. The van der Waals surface area contributed by atoms with E-state index in [9.17, 15) is 14.4 Å². The molecule has 1 aliphatic rings. The first kappa shape index (κ1) is 7.71. The summed E-state index contributed by atoms with van der Waals surface area (Å²) in [5, 5.41) is 4.63. The van der Waals surface area contributed by atoms with Crippen molar-refractivity contribution < 1.29 is 14.4 Å². The number of ketones is 1. The normalized spacial score (nSPS) is 19.8. The summed E-state index contributed by atoms with van der Waals surface area (Å²) < 4.78 is 0. The molecule has 0 bridgehead atoms. The third-order valence-electron chi connectivity index (χ3n) is 1.29. The summed E-state index contributed by atoms with van der Waals surface area (Å²) in [6.07, 6.45) is -0.187. The molecule has 0 saturated carbocycles. The van der Waals surface area contributed by atoms with E-state index in [4.69, 9.17) is 0 Å². The lowest BCUT2D eigenvalue weighted by Gasteiger charge is -2.09. The molecule has 0 aliphatic carbocycles. The van der Waals surface area contributed by atoms with Gasteiger partial charge in [0.25, 0.3) is 0 Å². The van der Waals surface area contributed by atoms with Crippen LogP contribution < -0.4 is 10.6 Å². The first-order valence-corrected chi connectivity index (χ1v) is 3.23. The summed E-state index contributed by atoms with van der Waals surface area (Å²) in [7, 11) is 0. The van der Waals surface area contributed by atoms with Gasteiger partial charge < -0.3 is 10.6 Å². The molecule has 1 saturated heterocycles. The maximum absolute atomic E-state index is 10.7. The standard InChI is InChI=1S/C6H8N2O3/c9-4-2-7-5(10)1-6(11)8-3-4/h1-3H2,(H,7,10)(H,8,11). The molecule has 0 aromatic heterocycles. The molecule has 2 N–H and O–H groups in total. The second-order valence-electron chi connectivity index (χ2n) is 2.27. The first-order chi connectivity index (χ1) is 5.18. The van der Waals surface area contributed by atoms with Crippen LogP contribution in [0.1, 0.15) is 6.42 Å². The molecule has 0 aromatic rings. The van der Waals surface area contributed by atoms with Gasteiger partial charge in [0.2, 0.25) is 11.8 Å². The van der Waals surface area contributed by atoms with Gasteiger partial charge in [-0.15, -0.1) is 0 Å². The van der Waals surface area contributed by atoms with Crippen molar-refractivity contribution in [3.8, 4) is 0 Å². The molecule has 5 nitrogen and oxygen atoms in total. The lowest BCUT2D eigenvalue weighted by Crippen LogP contribution is -2.42. The number of carbonyl (C=O) groups excluding carboxylic acids is 3. The highest BCUT2D eigenvalue weighted by atomic mass is 16.2. The fraction of sp³-hybridized carbons (Fsp3) is 0.500. The van der Waals surface area contributed by atoms with Crippen molar-refractivity contribution in [3.63, 3.8) is 0 Å². The van der Waals surface area contributed by atoms with E-state index in [1.807, 2.05) is 0 Å². The molecule has 5 heteroatoms. The zero-order valence-electron chi connectivity index (χ0n) is 5.85. The highest BCUT2D eigenvalue weighted by Crippen LogP contribution is 1.84. The summed E-state index contributed by atoms with van der Waals surface area (Å²) in [4.78, 5) is 32.0. The zero-order chi connectivity index (χ0) is 8.27. The predicted molar refractivity (Wildman–Crippen MR) is 35.6 cm³/mol. The SMILES string of the molecule is O=C1CNC(=O)CC(=O)NC1. The van der Waals surface area contributed by atoms with E-state index in [1.165, 1.54) is 0 Å². The molecule has 0 unspecified atom stereocenters. The summed E-state index contributed by atoms with van der Waals surface area (Å²) >= 11 is 0. The minimum absolute atomic E-state index is 0.0130. The number of hydrogen-bond donors (Lipinski definition) is 2. The van der Waals surface area contributed by atoms with Gasteiger partial charge in [0.05, 0.1) is 13.1 Å². The monoisotopic (exact) mass is 156 g/mol. The molecule has 1 aliphatic heterocycles. The topological polar surface area (TPSA) is 75.3 Å². The predicted octanol–water partition coefficient (Wildman–Crippen LogP) is -1.81. The van der Waals surface area contributed by atoms with Crippen LogP contribution in [0.2, 0.25) is 0 Å². The maximum Gasteiger partial charge on any atom is 0.229 e. The highest BCUT2D eigenvalue weighted by Gasteiger charge is 2.14. The van der Waals surface area contributed by atoms with Gasteiger partial charge in [-0.05, 0) is 0 Å². The fourth-order valence-corrected chi connectivity index (χ4v) is 0.728. The van der Waals surface area contributed by atoms with Crippen LogP contribution in [-0.4, -0.2) is 30.7 Å². The van der Waals surface area contributed by atoms with Gasteiger partial charge in [-0.3, -0.25) is 14.4 Å². The van der Waals surface area contributed by atoms with Gasteiger partial charge >= 0.3 is 0 Å². The van der Waals surface area contributed by atoms with Crippen molar-refractivity contribution in [3.05, 3.63) is 0 Å². The van der Waals surface area contributed by atoms with Crippen molar-refractivity contribution in [2.24, 2.45) is 0 Å². The Bertz CT molecular complexity index is 192. The largest absolute Gasteiger partial charge is 0.349 e. The number of rotatable bonds is 0. The Labute approximate surface area is 63.1 Å². The molecule has 0 aromatic carbocycles. The van der Waals surface area contributed by atoms with E-state index in [0.717, 1.165) is 0 Å². The summed E-state index contributed by atoms with van der Waals surface area (Å²) in [5.74, 6) is -1.00. The van der Waals surface area contributed by atoms with E-state index >= 15 is 0 Å². The Balaban J connectivity index is 2.53. The van der Waals surface area contributed by atoms with Crippen LogP contribution in [0.4, 0.5) is 0 Å². The second-order valence-corrected chi connectivity index (χ2v) is 2.27. The Morgan fingerprint density at radius 3 is 1.82 bits per heavy atom. The van der Waals surface area contributed by atoms with Gasteiger partial charge in [0, 0.05) is 0 Å². The van der Waals surface area contributed by atoms with Crippen LogP contribution in [0.5, 0.6) is 0 Å². The Hall–Kier alpha value is -1.39. The van der Waals surface area contributed by atoms with Gasteiger partial charge in [0.1, 0.15) is 6.42 Å². The van der Waals surface area contributed by atoms with Crippen molar-refractivity contribution in [2.75, 3.05) is 13.1 Å². The van der Waals surface area contributed by atoms with Gasteiger partial charge in [-0.1, -0.05) is 0 Å². The molecule has 1 rings (SSSR count). The third kappa shape index (κ3) is 2.37. The minimum atomic E-state index is -0.407. The molecule has 0 spiro atoms. The van der Waals surface area contributed by atoms with E-state index in [1.54, 1.807) is 0 Å². The Kier molecular flexibility index (Phi) is 2.20. The minimum Gasteiger partial charge on any atom is -0.349 e. The van der Waals surface area contributed by atoms with Crippen molar-refractivity contribution in [2.45, 2.75) is 6.42 Å². The zero-order valence-corrected chi connectivity index (χ0v) is 5.85. The highest BCUT2D eigenvalue weighted by molar-refractivity contribution is 6.01. The van der Waals surface area contributed by atoms with Crippen LogP contribution in [-0.2, 0) is 14.4 Å².